The first kappa shape index (κ1) is 14.6. The number of nitriles is 1. The minimum absolute atomic E-state index is 0.277. The SMILES string of the molecule is COc1ccc(C#N)cc1OCCC[C@H]1CNCCO1. The van der Waals surface area contributed by atoms with E-state index in [-0.39, 0.29) is 6.10 Å². The Kier molecular flexibility index (Phi) is 5.66. The summed E-state index contributed by atoms with van der Waals surface area (Å²) in [6, 6.07) is 7.27. The van der Waals surface area contributed by atoms with Gasteiger partial charge in [0.15, 0.2) is 11.5 Å². The summed E-state index contributed by atoms with van der Waals surface area (Å²) in [6.07, 6.45) is 2.15. The Morgan fingerprint density at radius 3 is 3.05 bits per heavy atom. The van der Waals surface area contributed by atoms with Crippen molar-refractivity contribution in [2.75, 3.05) is 33.4 Å². The molecule has 1 atom stereocenters. The highest BCUT2D eigenvalue weighted by molar-refractivity contribution is 5.46. The Morgan fingerprint density at radius 2 is 2.35 bits per heavy atom. The highest BCUT2D eigenvalue weighted by Gasteiger charge is 2.13. The second-order valence-electron chi connectivity index (χ2n) is 4.67. The molecule has 20 heavy (non-hydrogen) atoms. The maximum Gasteiger partial charge on any atom is 0.162 e. The lowest BCUT2D eigenvalue weighted by Crippen LogP contribution is -2.38. The van der Waals surface area contributed by atoms with Crippen molar-refractivity contribution in [1.29, 1.82) is 5.26 Å². The molecule has 5 heteroatoms. The van der Waals surface area contributed by atoms with Gasteiger partial charge in [-0.15, -0.1) is 0 Å². The first-order chi connectivity index (χ1) is 9.83. The van der Waals surface area contributed by atoms with Gasteiger partial charge in [-0.2, -0.15) is 5.26 Å². The number of hydrogen-bond acceptors (Lipinski definition) is 5. The standard InChI is InChI=1S/C15H20N2O3/c1-18-14-5-4-12(10-16)9-15(14)20-7-2-3-13-11-17-6-8-19-13/h4-5,9,13,17H,2-3,6-8,11H2,1H3/t13-/m0/s1. The van der Waals surface area contributed by atoms with Crippen LogP contribution in [0.5, 0.6) is 11.5 Å². The first-order valence-electron chi connectivity index (χ1n) is 6.86. The van der Waals surface area contributed by atoms with Crippen LogP contribution in [0.25, 0.3) is 0 Å². The fraction of sp³-hybridized carbons (Fsp3) is 0.533. The van der Waals surface area contributed by atoms with Gasteiger partial charge in [0.1, 0.15) is 0 Å². The van der Waals surface area contributed by atoms with Gasteiger partial charge in [-0.3, -0.25) is 0 Å². The molecule has 0 spiro atoms. The minimum atomic E-state index is 0.277. The van der Waals surface area contributed by atoms with Crippen LogP contribution < -0.4 is 14.8 Å². The summed E-state index contributed by atoms with van der Waals surface area (Å²) in [5, 5.41) is 12.2. The summed E-state index contributed by atoms with van der Waals surface area (Å²) in [6.45, 7) is 3.22. The molecule has 1 aliphatic heterocycles. The van der Waals surface area contributed by atoms with Crippen molar-refractivity contribution in [3.05, 3.63) is 23.8 Å². The van der Waals surface area contributed by atoms with Crippen LogP contribution in [-0.4, -0.2) is 39.5 Å². The third kappa shape index (κ3) is 4.12. The van der Waals surface area contributed by atoms with Gasteiger partial charge >= 0.3 is 0 Å². The molecule has 0 aromatic heterocycles. The monoisotopic (exact) mass is 276 g/mol. The van der Waals surface area contributed by atoms with E-state index in [4.69, 9.17) is 19.5 Å². The van der Waals surface area contributed by atoms with E-state index in [1.807, 2.05) is 0 Å². The Bertz CT molecular complexity index is 465. The fourth-order valence-electron chi connectivity index (χ4n) is 2.16. The van der Waals surface area contributed by atoms with Gasteiger partial charge in [0.05, 0.1) is 38.1 Å². The van der Waals surface area contributed by atoms with E-state index < -0.39 is 0 Å². The summed E-state index contributed by atoms with van der Waals surface area (Å²) in [5.41, 5.74) is 0.570. The number of nitrogens with zero attached hydrogens (tertiary/aromatic N) is 1. The Morgan fingerprint density at radius 1 is 1.45 bits per heavy atom. The van der Waals surface area contributed by atoms with Crippen molar-refractivity contribution in [3.63, 3.8) is 0 Å². The zero-order valence-corrected chi connectivity index (χ0v) is 11.7. The molecule has 1 aliphatic rings. The van der Waals surface area contributed by atoms with Crippen molar-refractivity contribution in [2.24, 2.45) is 0 Å². The normalized spacial score (nSPS) is 18.3. The number of nitrogens with one attached hydrogen (secondary N) is 1. The molecule has 1 N–H and O–H groups in total. The van der Waals surface area contributed by atoms with Gasteiger partial charge in [-0.1, -0.05) is 0 Å². The number of methoxy groups -OCH3 is 1. The van der Waals surface area contributed by atoms with E-state index in [2.05, 4.69) is 11.4 Å². The van der Waals surface area contributed by atoms with Gasteiger partial charge in [0.25, 0.3) is 0 Å². The quantitative estimate of drug-likeness (QED) is 0.801. The Labute approximate surface area is 119 Å². The highest BCUT2D eigenvalue weighted by Crippen LogP contribution is 2.28. The molecule has 1 saturated heterocycles. The predicted molar refractivity (Wildman–Crippen MR) is 75.0 cm³/mol. The number of hydrogen-bond donors (Lipinski definition) is 1. The molecule has 1 aromatic carbocycles. The first-order valence-corrected chi connectivity index (χ1v) is 6.86. The number of ether oxygens (including phenoxy) is 3. The molecule has 0 saturated carbocycles. The van der Waals surface area contributed by atoms with Gasteiger partial charge in [0.2, 0.25) is 0 Å². The van der Waals surface area contributed by atoms with Crippen LogP contribution in [-0.2, 0) is 4.74 Å². The van der Waals surface area contributed by atoms with Gasteiger partial charge in [0, 0.05) is 19.2 Å². The van der Waals surface area contributed by atoms with E-state index in [1.165, 1.54) is 0 Å². The summed E-state index contributed by atoms with van der Waals surface area (Å²) in [4.78, 5) is 0. The molecular formula is C15H20N2O3. The molecule has 0 bridgehead atoms. The second-order valence-corrected chi connectivity index (χ2v) is 4.67. The van der Waals surface area contributed by atoms with Crippen LogP contribution in [0.3, 0.4) is 0 Å². The largest absolute Gasteiger partial charge is 0.493 e. The summed E-state index contributed by atoms with van der Waals surface area (Å²) in [5.74, 6) is 1.27. The third-order valence-corrected chi connectivity index (χ3v) is 3.23. The number of rotatable bonds is 6. The average Bonchev–Trinajstić information content (AvgIpc) is 2.52. The topological polar surface area (TPSA) is 63.5 Å². The Hall–Kier alpha value is -1.77. The van der Waals surface area contributed by atoms with Crippen LogP contribution in [0.1, 0.15) is 18.4 Å². The molecule has 2 rings (SSSR count). The highest BCUT2D eigenvalue weighted by atomic mass is 16.5. The second kappa shape index (κ2) is 7.73. The molecular weight excluding hydrogens is 256 g/mol. The molecule has 0 amide bonds. The zero-order valence-electron chi connectivity index (χ0n) is 11.7. The van der Waals surface area contributed by atoms with Crippen molar-refractivity contribution in [1.82, 2.24) is 5.32 Å². The van der Waals surface area contributed by atoms with Gasteiger partial charge in [-0.05, 0) is 25.0 Å². The van der Waals surface area contributed by atoms with Crippen LogP contribution >= 0.6 is 0 Å². The van der Waals surface area contributed by atoms with Crippen molar-refractivity contribution in [2.45, 2.75) is 18.9 Å². The smallest absolute Gasteiger partial charge is 0.162 e. The van der Waals surface area contributed by atoms with Crippen LogP contribution in [0.15, 0.2) is 18.2 Å². The lowest BCUT2D eigenvalue weighted by Gasteiger charge is -2.23. The maximum atomic E-state index is 8.90. The summed E-state index contributed by atoms with van der Waals surface area (Å²) >= 11 is 0. The van der Waals surface area contributed by atoms with E-state index in [0.29, 0.717) is 23.7 Å². The molecule has 108 valence electrons. The lowest BCUT2D eigenvalue weighted by molar-refractivity contribution is 0.0203. The molecule has 1 heterocycles. The van der Waals surface area contributed by atoms with Crippen LogP contribution in [0.2, 0.25) is 0 Å². The third-order valence-electron chi connectivity index (χ3n) is 3.23. The van der Waals surface area contributed by atoms with Crippen LogP contribution in [0, 0.1) is 11.3 Å². The molecule has 0 radical (unpaired) electrons. The number of benzene rings is 1. The maximum absolute atomic E-state index is 8.90. The van der Waals surface area contributed by atoms with Crippen molar-refractivity contribution < 1.29 is 14.2 Å². The average molecular weight is 276 g/mol. The minimum Gasteiger partial charge on any atom is -0.493 e. The van der Waals surface area contributed by atoms with E-state index in [1.54, 1.807) is 25.3 Å². The molecule has 1 aromatic rings. The van der Waals surface area contributed by atoms with Gasteiger partial charge in [-0.25, -0.2) is 0 Å². The molecule has 0 unspecified atom stereocenters. The van der Waals surface area contributed by atoms with Gasteiger partial charge < -0.3 is 19.5 Å². The van der Waals surface area contributed by atoms with Crippen molar-refractivity contribution >= 4 is 0 Å². The molecule has 1 fully saturated rings. The van der Waals surface area contributed by atoms with E-state index in [0.717, 1.165) is 32.5 Å². The fourth-order valence-corrected chi connectivity index (χ4v) is 2.16. The van der Waals surface area contributed by atoms with Crippen molar-refractivity contribution in [3.8, 4) is 17.6 Å². The number of morpholine rings is 1. The van der Waals surface area contributed by atoms with E-state index >= 15 is 0 Å². The zero-order chi connectivity index (χ0) is 14.2. The molecule has 5 nitrogen and oxygen atoms in total. The predicted octanol–water partition coefficient (Wildman–Crippen LogP) is 1.71. The summed E-state index contributed by atoms with van der Waals surface area (Å²) < 4.78 is 16.6. The summed E-state index contributed by atoms with van der Waals surface area (Å²) in [7, 11) is 1.59. The lowest BCUT2D eigenvalue weighted by atomic mass is 10.2. The van der Waals surface area contributed by atoms with Crippen LogP contribution in [0.4, 0.5) is 0 Å². The molecule has 0 aliphatic carbocycles. The Balaban J connectivity index is 1.79. The van der Waals surface area contributed by atoms with E-state index in [9.17, 15) is 0 Å².